The fourth-order valence-electron chi connectivity index (χ4n) is 3.12. The van der Waals surface area contributed by atoms with Gasteiger partial charge < -0.3 is 9.47 Å². The molecule has 0 saturated carbocycles. The summed E-state index contributed by atoms with van der Waals surface area (Å²) in [5.74, 6) is -0.170. The molecule has 3 atom stereocenters. The monoisotopic (exact) mass is 482 g/mol. The Morgan fingerprint density at radius 1 is 0.960 bits per heavy atom. The van der Waals surface area contributed by atoms with Crippen LogP contribution in [0.2, 0.25) is 0 Å². The number of esters is 1. The lowest BCUT2D eigenvalue weighted by Crippen LogP contribution is -2.27. The number of rotatable bonds is 16. The quantitative estimate of drug-likeness (QED) is 0.108. The van der Waals surface area contributed by atoms with E-state index in [4.69, 9.17) is 9.47 Å². The van der Waals surface area contributed by atoms with Crippen LogP contribution in [-0.4, -0.2) is 34.4 Å². The van der Waals surface area contributed by atoms with Crippen LogP contribution in [0.15, 0.2) is 0 Å². The smallest absolute Gasteiger partial charge is 0.340 e. The molecule has 3 nitrogen and oxygen atoms in total. The molecule has 0 aromatic rings. The average molecular weight is 484 g/mol. The maximum Gasteiger partial charge on any atom is 0.340 e. The van der Waals surface area contributed by atoms with Gasteiger partial charge in [-0.05, 0) is 32.6 Å². The van der Waals surface area contributed by atoms with Crippen molar-refractivity contribution in [1.29, 1.82) is 0 Å². The maximum absolute atomic E-state index is 11.8. The molecular formula is C20H36Br2O3. The van der Waals surface area contributed by atoms with Crippen molar-refractivity contribution in [2.24, 2.45) is 0 Å². The van der Waals surface area contributed by atoms with Gasteiger partial charge in [0.25, 0.3) is 0 Å². The summed E-state index contributed by atoms with van der Waals surface area (Å²) in [6.07, 6.45) is 14.7. The number of carbonyl (C=O) groups excluding carboxylic acids is 1. The fourth-order valence-corrected chi connectivity index (χ4v) is 4.30. The van der Waals surface area contributed by atoms with Crippen molar-refractivity contribution in [3.05, 3.63) is 0 Å². The van der Waals surface area contributed by atoms with Crippen molar-refractivity contribution >= 4 is 37.8 Å². The van der Waals surface area contributed by atoms with Crippen molar-refractivity contribution in [3.8, 4) is 0 Å². The molecule has 1 aliphatic rings. The normalized spacial score (nSPS) is 21.8. The molecule has 3 unspecified atom stereocenters. The van der Waals surface area contributed by atoms with Gasteiger partial charge in [-0.1, -0.05) is 90.2 Å². The molecular weight excluding hydrogens is 448 g/mol. The molecule has 1 rings (SSSR count). The number of alkyl halides is 2. The van der Waals surface area contributed by atoms with Gasteiger partial charge in [0.05, 0.1) is 13.2 Å². The SMILES string of the molecule is CCCCCCCC(Br)C(Br)CCCCCCC1(C(=O)OCC)CO1. The van der Waals surface area contributed by atoms with Crippen LogP contribution in [0, 0.1) is 0 Å². The van der Waals surface area contributed by atoms with Crippen LogP contribution in [0.5, 0.6) is 0 Å². The Kier molecular flexibility index (Phi) is 12.7. The van der Waals surface area contributed by atoms with Crippen LogP contribution in [0.1, 0.15) is 90.9 Å². The zero-order chi connectivity index (χ0) is 18.5. The molecule has 5 heteroatoms. The van der Waals surface area contributed by atoms with Crippen LogP contribution < -0.4 is 0 Å². The van der Waals surface area contributed by atoms with E-state index in [2.05, 4.69) is 38.8 Å². The Hall–Kier alpha value is 0.390. The topological polar surface area (TPSA) is 38.8 Å². The minimum Gasteiger partial charge on any atom is -0.464 e. The summed E-state index contributed by atoms with van der Waals surface area (Å²) < 4.78 is 10.4. The zero-order valence-corrected chi connectivity index (χ0v) is 19.2. The van der Waals surface area contributed by atoms with E-state index >= 15 is 0 Å². The first-order chi connectivity index (χ1) is 12.1. The van der Waals surface area contributed by atoms with Gasteiger partial charge in [0.1, 0.15) is 0 Å². The van der Waals surface area contributed by atoms with Crippen molar-refractivity contribution < 1.29 is 14.3 Å². The molecule has 1 heterocycles. The largest absolute Gasteiger partial charge is 0.464 e. The zero-order valence-electron chi connectivity index (χ0n) is 16.0. The third-order valence-electron chi connectivity index (χ3n) is 4.93. The minimum atomic E-state index is -0.591. The van der Waals surface area contributed by atoms with Crippen molar-refractivity contribution in [1.82, 2.24) is 0 Å². The second-order valence-electron chi connectivity index (χ2n) is 7.19. The molecule has 0 amide bonds. The van der Waals surface area contributed by atoms with Crippen LogP contribution in [-0.2, 0) is 14.3 Å². The predicted molar refractivity (Wildman–Crippen MR) is 112 cm³/mol. The molecule has 0 aromatic carbocycles. The molecule has 0 spiro atoms. The fraction of sp³-hybridized carbons (Fsp3) is 0.950. The van der Waals surface area contributed by atoms with Gasteiger partial charge in [0.2, 0.25) is 0 Å². The molecule has 0 N–H and O–H groups in total. The van der Waals surface area contributed by atoms with Gasteiger partial charge >= 0.3 is 5.97 Å². The number of epoxide rings is 1. The molecule has 0 bridgehead atoms. The van der Waals surface area contributed by atoms with Crippen LogP contribution in [0.25, 0.3) is 0 Å². The molecule has 0 radical (unpaired) electrons. The van der Waals surface area contributed by atoms with Gasteiger partial charge in [-0.2, -0.15) is 0 Å². The van der Waals surface area contributed by atoms with Gasteiger partial charge in [0.15, 0.2) is 5.60 Å². The van der Waals surface area contributed by atoms with Crippen molar-refractivity contribution in [2.75, 3.05) is 13.2 Å². The lowest BCUT2D eigenvalue weighted by atomic mass is 10.0. The lowest BCUT2D eigenvalue weighted by Gasteiger charge is -2.16. The Morgan fingerprint density at radius 2 is 1.48 bits per heavy atom. The van der Waals surface area contributed by atoms with Gasteiger partial charge in [-0.25, -0.2) is 4.79 Å². The molecule has 25 heavy (non-hydrogen) atoms. The van der Waals surface area contributed by atoms with Crippen LogP contribution in [0.4, 0.5) is 0 Å². The highest BCUT2D eigenvalue weighted by molar-refractivity contribution is 9.12. The number of hydrogen-bond donors (Lipinski definition) is 0. The van der Waals surface area contributed by atoms with Crippen LogP contribution in [0.3, 0.4) is 0 Å². The first-order valence-corrected chi connectivity index (χ1v) is 12.0. The summed E-state index contributed by atoms with van der Waals surface area (Å²) in [5, 5.41) is 0. The highest BCUT2D eigenvalue weighted by atomic mass is 79.9. The second-order valence-corrected chi connectivity index (χ2v) is 9.54. The Balaban J connectivity index is 1.99. The van der Waals surface area contributed by atoms with E-state index in [0.717, 1.165) is 19.3 Å². The molecule has 0 aromatic heterocycles. The third-order valence-corrected chi connectivity index (χ3v) is 7.83. The van der Waals surface area contributed by atoms with Gasteiger partial charge in [-0.15, -0.1) is 0 Å². The number of halogens is 2. The van der Waals surface area contributed by atoms with E-state index in [9.17, 15) is 4.79 Å². The molecule has 148 valence electrons. The average Bonchev–Trinajstić information content (AvgIpc) is 3.38. The number of unbranched alkanes of at least 4 members (excludes halogenated alkanes) is 7. The van der Waals surface area contributed by atoms with E-state index < -0.39 is 5.60 Å². The Morgan fingerprint density at radius 3 is 1.96 bits per heavy atom. The first kappa shape index (κ1) is 23.4. The van der Waals surface area contributed by atoms with E-state index in [-0.39, 0.29) is 5.97 Å². The molecule has 1 aliphatic heterocycles. The summed E-state index contributed by atoms with van der Waals surface area (Å²) in [6.45, 7) is 5.07. The summed E-state index contributed by atoms with van der Waals surface area (Å²) in [6, 6.07) is 0. The highest BCUT2D eigenvalue weighted by Gasteiger charge is 2.52. The standard InChI is InChI=1S/C20H36Br2O3/c1-3-5-6-7-10-13-17(21)18(22)14-11-8-9-12-15-20(16-25-20)19(23)24-4-2/h17-18H,3-16H2,1-2H3. The van der Waals surface area contributed by atoms with E-state index in [1.165, 1.54) is 57.8 Å². The van der Waals surface area contributed by atoms with Gasteiger partial charge in [0, 0.05) is 9.65 Å². The number of carbonyl (C=O) groups is 1. The summed E-state index contributed by atoms with van der Waals surface area (Å²) in [5.41, 5.74) is -0.591. The second kappa shape index (κ2) is 13.5. The predicted octanol–water partition coefficient (Wildman–Crippen LogP) is 6.55. The molecule has 1 fully saturated rings. The number of ether oxygens (including phenoxy) is 2. The van der Waals surface area contributed by atoms with Gasteiger partial charge in [-0.3, -0.25) is 0 Å². The molecule has 0 aliphatic carbocycles. The van der Waals surface area contributed by atoms with Crippen molar-refractivity contribution in [2.45, 2.75) is 106 Å². The van der Waals surface area contributed by atoms with E-state index in [1.54, 1.807) is 0 Å². The maximum atomic E-state index is 11.8. The minimum absolute atomic E-state index is 0.170. The van der Waals surface area contributed by atoms with Crippen molar-refractivity contribution in [3.63, 3.8) is 0 Å². The van der Waals surface area contributed by atoms with E-state index in [1.807, 2.05) is 6.92 Å². The molecule has 1 saturated heterocycles. The number of hydrogen-bond acceptors (Lipinski definition) is 3. The summed E-state index contributed by atoms with van der Waals surface area (Å²) in [7, 11) is 0. The summed E-state index contributed by atoms with van der Waals surface area (Å²) in [4.78, 5) is 12.9. The lowest BCUT2D eigenvalue weighted by molar-refractivity contribution is -0.149. The Bertz CT molecular complexity index is 359. The van der Waals surface area contributed by atoms with Crippen LogP contribution >= 0.6 is 31.9 Å². The highest BCUT2D eigenvalue weighted by Crippen LogP contribution is 2.34. The summed E-state index contributed by atoms with van der Waals surface area (Å²) >= 11 is 7.69. The third kappa shape index (κ3) is 9.76. The first-order valence-electron chi connectivity index (χ1n) is 10.1. The Labute approximate surface area is 171 Å². The van der Waals surface area contributed by atoms with E-state index in [0.29, 0.717) is 22.9 Å².